The lowest BCUT2D eigenvalue weighted by atomic mass is 10.2. The van der Waals surface area contributed by atoms with Crippen molar-refractivity contribution in [2.45, 2.75) is 18.9 Å². The number of rotatable bonds is 8. The van der Waals surface area contributed by atoms with Crippen molar-refractivity contribution in [3.8, 4) is 17.2 Å². The van der Waals surface area contributed by atoms with Crippen LogP contribution in [0.15, 0.2) is 42.5 Å². The van der Waals surface area contributed by atoms with Gasteiger partial charge in [0, 0.05) is 18.7 Å². The topological polar surface area (TPSA) is 70.1 Å². The number of thiazole rings is 1. The second-order valence-corrected chi connectivity index (χ2v) is 7.95. The molecule has 30 heavy (non-hydrogen) atoms. The number of methoxy groups -OCH3 is 2. The summed E-state index contributed by atoms with van der Waals surface area (Å²) in [5, 5.41) is 0.632. The first-order valence-electron chi connectivity index (χ1n) is 9.79. The standard InChI is InChI=1S/C22H24N2O5S/c1-26-15-5-3-6-17(11-15)29-14-21(25)24(13-18-7-4-10-28-18)22-23-19-12-16(27-2)8-9-20(19)30-22/h3,5-6,8-9,11-12,18H,4,7,10,13-14H2,1-2H3. The monoisotopic (exact) mass is 428 g/mol. The third kappa shape index (κ3) is 4.66. The molecule has 3 aromatic rings. The number of fused-ring (bicyclic) bond motifs is 1. The van der Waals surface area contributed by atoms with E-state index in [-0.39, 0.29) is 18.6 Å². The highest BCUT2D eigenvalue weighted by atomic mass is 32.1. The van der Waals surface area contributed by atoms with Crippen molar-refractivity contribution in [1.82, 2.24) is 4.98 Å². The molecule has 1 unspecified atom stereocenters. The number of nitrogens with zero attached hydrogens (tertiary/aromatic N) is 2. The van der Waals surface area contributed by atoms with Crippen LogP contribution in [0.2, 0.25) is 0 Å². The smallest absolute Gasteiger partial charge is 0.266 e. The molecule has 1 aliphatic heterocycles. The van der Waals surface area contributed by atoms with E-state index in [2.05, 4.69) is 4.98 Å². The van der Waals surface area contributed by atoms with E-state index >= 15 is 0 Å². The maximum atomic E-state index is 13.1. The fourth-order valence-electron chi connectivity index (χ4n) is 3.33. The molecular weight excluding hydrogens is 404 g/mol. The molecule has 1 saturated heterocycles. The molecule has 0 radical (unpaired) electrons. The van der Waals surface area contributed by atoms with Crippen LogP contribution < -0.4 is 19.1 Å². The lowest BCUT2D eigenvalue weighted by Crippen LogP contribution is -2.40. The summed E-state index contributed by atoms with van der Waals surface area (Å²) in [6.45, 7) is 1.08. The predicted octanol–water partition coefficient (Wildman–Crippen LogP) is 3.90. The third-order valence-corrected chi connectivity index (χ3v) is 5.99. The molecule has 1 amide bonds. The summed E-state index contributed by atoms with van der Waals surface area (Å²) >= 11 is 1.47. The van der Waals surface area contributed by atoms with E-state index in [1.54, 1.807) is 31.3 Å². The highest BCUT2D eigenvalue weighted by Crippen LogP contribution is 2.32. The molecular formula is C22H24N2O5S. The van der Waals surface area contributed by atoms with E-state index < -0.39 is 0 Å². The number of aromatic nitrogens is 1. The Hall–Kier alpha value is -2.84. The summed E-state index contributed by atoms with van der Waals surface area (Å²) in [5.74, 6) is 1.82. The van der Waals surface area contributed by atoms with Gasteiger partial charge in [-0.2, -0.15) is 0 Å². The van der Waals surface area contributed by atoms with Crippen molar-refractivity contribution < 1.29 is 23.7 Å². The first-order valence-corrected chi connectivity index (χ1v) is 10.6. The van der Waals surface area contributed by atoms with Gasteiger partial charge in [0.2, 0.25) is 0 Å². The maximum absolute atomic E-state index is 13.1. The second-order valence-electron chi connectivity index (χ2n) is 6.94. The Morgan fingerprint density at radius 3 is 2.73 bits per heavy atom. The Morgan fingerprint density at radius 1 is 1.17 bits per heavy atom. The van der Waals surface area contributed by atoms with Gasteiger partial charge in [-0.05, 0) is 37.1 Å². The largest absolute Gasteiger partial charge is 0.497 e. The zero-order valence-electron chi connectivity index (χ0n) is 17.0. The van der Waals surface area contributed by atoms with Gasteiger partial charge < -0.3 is 18.9 Å². The average molecular weight is 429 g/mol. The molecule has 1 aliphatic rings. The van der Waals surface area contributed by atoms with Gasteiger partial charge in [0.1, 0.15) is 17.2 Å². The van der Waals surface area contributed by atoms with Crippen LogP contribution in [0, 0.1) is 0 Å². The molecule has 158 valence electrons. The van der Waals surface area contributed by atoms with Crippen LogP contribution in [0.1, 0.15) is 12.8 Å². The average Bonchev–Trinajstić information content (AvgIpc) is 3.44. The lowest BCUT2D eigenvalue weighted by Gasteiger charge is -2.23. The molecule has 1 atom stereocenters. The van der Waals surface area contributed by atoms with Crippen LogP contribution in [0.4, 0.5) is 5.13 Å². The number of ether oxygens (including phenoxy) is 4. The lowest BCUT2D eigenvalue weighted by molar-refractivity contribution is -0.120. The zero-order chi connectivity index (χ0) is 20.9. The van der Waals surface area contributed by atoms with E-state index in [9.17, 15) is 4.79 Å². The van der Waals surface area contributed by atoms with Gasteiger partial charge in [0.05, 0.1) is 37.1 Å². The van der Waals surface area contributed by atoms with Gasteiger partial charge >= 0.3 is 0 Å². The molecule has 0 aliphatic carbocycles. The number of hydrogen-bond acceptors (Lipinski definition) is 7. The van der Waals surface area contributed by atoms with E-state index in [0.717, 1.165) is 35.4 Å². The summed E-state index contributed by atoms with van der Waals surface area (Å²) < 4.78 is 23.0. The highest BCUT2D eigenvalue weighted by molar-refractivity contribution is 7.22. The molecule has 1 fully saturated rings. The van der Waals surface area contributed by atoms with E-state index in [0.29, 0.717) is 23.2 Å². The highest BCUT2D eigenvalue weighted by Gasteiger charge is 2.26. The van der Waals surface area contributed by atoms with Gasteiger partial charge in [-0.25, -0.2) is 4.98 Å². The normalized spacial score (nSPS) is 15.9. The predicted molar refractivity (Wildman–Crippen MR) is 116 cm³/mol. The molecule has 0 N–H and O–H groups in total. The summed E-state index contributed by atoms with van der Waals surface area (Å²) in [4.78, 5) is 19.5. The van der Waals surface area contributed by atoms with Crippen LogP contribution in [0.5, 0.6) is 17.2 Å². The van der Waals surface area contributed by atoms with Crippen molar-refractivity contribution in [2.24, 2.45) is 0 Å². The molecule has 2 aromatic carbocycles. The Kier molecular flexibility index (Phi) is 6.35. The van der Waals surface area contributed by atoms with Crippen molar-refractivity contribution in [3.63, 3.8) is 0 Å². The Morgan fingerprint density at radius 2 is 1.97 bits per heavy atom. The number of carbonyl (C=O) groups is 1. The van der Waals surface area contributed by atoms with E-state index in [1.165, 1.54) is 11.3 Å². The van der Waals surface area contributed by atoms with Gasteiger partial charge in [-0.3, -0.25) is 9.69 Å². The number of anilines is 1. The van der Waals surface area contributed by atoms with Crippen LogP contribution in [-0.4, -0.2) is 51.0 Å². The van der Waals surface area contributed by atoms with E-state index in [4.69, 9.17) is 18.9 Å². The number of carbonyl (C=O) groups excluding carboxylic acids is 1. The molecule has 0 saturated carbocycles. The quantitative estimate of drug-likeness (QED) is 0.542. The second kappa shape index (κ2) is 9.32. The Bertz CT molecular complexity index is 1020. The summed E-state index contributed by atoms with van der Waals surface area (Å²) in [6.07, 6.45) is 1.94. The molecule has 0 bridgehead atoms. The fourth-order valence-corrected chi connectivity index (χ4v) is 4.30. The number of hydrogen-bond donors (Lipinski definition) is 0. The summed E-state index contributed by atoms with van der Waals surface area (Å²) in [6, 6.07) is 12.9. The van der Waals surface area contributed by atoms with Gasteiger partial charge in [0.15, 0.2) is 11.7 Å². The van der Waals surface area contributed by atoms with Crippen molar-refractivity contribution in [3.05, 3.63) is 42.5 Å². The molecule has 7 nitrogen and oxygen atoms in total. The molecule has 8 heteroatoms. The van der Waals surface area contributed by atoms with Crippen LogP contribution in [-0.2, 0) is 9.53 Å². The minimum atomic E-state index is -0.167. The molecule has 4 rings (SSSR count). The number of benzene rings is 2. The molecule has 1 aromatic heterocycles. The maximum Gasteiger partial charge on any atom is 0.266 e. The molecule has 0 spiro atoms. The Labute approximate surface area is 179 Å². The van der Waals surface area contributed by atoms with Crippen molar-refractivity contribution in [2.75, 3.05) is 38.9 Å². The summed E-state index contributed by atoms with van der Waals surface area (Å²) in [7, 11) is 3.22. The minimum absolute atomic E-state index is 0.00678. The minimum Gasteiger partial charge on any atom is -0.497 e. The van der Waals surface area contributed by atoms with Gasteiger partial charge in [0.25, 0.3) is 5.91 Å². The summed E-state index contributed by atoms with van der Waals surface area (Å²) in [5.41, 5.74) is 0.799. The van der Waals surface area contributed by atoms with Crippen LogP contribution in [0.3, 0.4) is 0 Å². The molecule has 2 heterocycles. The van der Waals surface area contributed by atoms with Crippen molar-refractivity contribution >= 4 is 32.6 Å². The third-order valence-electron chi connectivity index (χ3n) is 4.93. The first-order chi connectivity index (χ1) is 14.7. The van der Waals surface area contributed by atoms with Gasteiger partial charge in [-0.1, -0.05) is 17.4 Å². The van der Waals surface area contributed by atoms with E-state index in [1.807, 2.05) is 30.3 Å². The fraction of sp³-hybridized carbons (Fsp3) is 0.364. The first kappa shape index (κ1) is 20.4. The van der Waals surface area contributed by atoms with Gasteiger partial charge in [-0.15, -0.1) is 0 Å². The van der Waals surface area contributed by atoms with Crippen LogP contribution >= 0.6 is 11.3 Å². The SMILES string of the molecule is COc1cccc(OCC(=O)N(CC2CCCO2)c2nc3cc(OC)ccc3s2)c1. The van der Waals surface area contributed by atoms with Crippen LogP contribution in [0.25, 0.3) is 10.2 Å². The van der Waals surface area contributed by atoms with Crippen molar-refractivity contribution in [1.29, 1.82) is 0 Å². The zero-order valence-corrected chi connectivity index (χ0v) is 17.8. The Balaban J connectivity index is 1.54. The number of amides is 1.